The number of hydrogen-bond acceptors (Lipinski definition) is 4. The van der Waals surface area contributed by atoms with Crippen molar-refractivity contribution >= 4 is 11.0 Å². The molecule has 3 aromatic heterocycles. The maximum absolute atomic E-state index is 5.33. The van der Waals surface area contributed by atoms with Crippen molar-refractivity contribution in [3.8, 4) is 22.6 Å². The molecule has 0 fully saturated rings. The number of nitrogens with one attached hydrogen (secondary N) is 1. The van der Waals surface area contributed by atoms with E-state index < -0.39 is 0 Å². The van der Waals surface area contributed by atoms with Crippen molar-refractivity contribution < 1.29 is 9.47 Å². The maximum Gasteiger partial charge on any atom is 0.137 e. The molecule has 0 radical (unpaired) electrons. The Bertz CT molecular complexity index is 997. The minimum atomic E-state index is 0.634. The molecule has 6 nitrogen and oxygen atoms in total. The average molecular weight is 334 g/mol. The fourth-order valence-corrected chi connectivity index (χ4v) is 2.95. The Morgan fingerprint density at radius 3 is 2.64 bits per heavy atom. The van der Waals surface area contributed by atoms with Gasteiger partial charge in [-0.3, -0.25) is 4.68 Å². The van der Waals surface area contributed by atoms with E-state index in [1.54, 1.807) is 20.4 Å². The Kier molecular flexibility index (Phi) is 3.85. The Morgan fingerprint density at radius 2 is 1.88 bits per heavy atom. The largest absolute Gasteiger partial charge is 0.497 e. The minimum absolute atomic E-state index is 0.634. The van der Waals surface area contributed by atoms with Gasteiger partial charge in [0.25, 0.3) is 0 Å². The van der Waals surface area contributed by atoms with Crippen molar-refractivity contribution in [2.75, 3.05) is 14.2 Å². The highest BCUT2D eigenvalue weighted by Gasteiger charge is 2.09. The lowest BCUT2D eigenvalue weighted by Gasteiger charge is -2.08. The lowest BCUT2D eigenvalue weighted by Crippen LogP contribution is -2.01. The SMILES string of the molecule is COc1cc(Cn2cc(-c3ccnc4[nH]ccc34)cn2)cc(OC)c1. The van der Waals surface area contributed by atoms with Gasteiger partial charge in [0.15, 0.2) is 0 Å². The lowest BCUT2D eigenvalue weighted by atomic mass is 10.1. The van der Waals surface area contributed by atoms with Gasteiger partial charge in [-0.05, 0) is 35.4 Å². The first-order valence-corrected chi connectivity index (χ1v) is 7.93. The summed E-state index contributed by atoms with van der Waals surface area (Å²) in [6.07, 6.45) is 7.61. The molecule has 0 aliphatic rings. The summed E-state index contributed by atoms with van der Waals surface area (Å²) in [5, 5.41) is 5.58. The fourth-order valence-electron chi connectivity index (χ4n) is 2.95. The third-order valence-corrected chi connectivity index (χ3v) is 4.16. The van der Waals surface area contributed by atoms with Gasteiger partial charge in [-0.15, -0.1) is 0 Å². The number of ether oxygens (including phenoxy) is 2. The molecule has 0 spiro atoms. The number of benzene rings is 1. The second-order valence-electron chi connectivity index (χ2n) is 5.75. The fraction of sp³-hybridized carbons (Fsp3) is 0.158. The summed E-state index contributed by atoms with van der Waals surface area (Å²) in [4.78, 5) is 7.47. The predicted molar refractivity (Wildman–Crippen MR) is 96.0 cm³/mol. The normalized spacial score (nSPS) is 11.0. The molecule has 126 valence electrons. The van der Waals surface area contributed by atoms with Crippen LogP contribution >= 0.6 is 0 Å². The van der Waals surface area contributed by atoms with E-state index in [1.165, 1.54) is 0 Å². The predicted octanol–water partition coefficient (Wildman–Crippen LogP) is 3.49. The van der Waals surface area contributed by atoms with Crippen LogP contribution in [0.4, 0.5) is 0 Å². The summed E-state index contributed by atoms with van der Waals surface area (Å²) in [7, 11) is 3.30. The lowest BCUT2D eigenvalue weighted by molar-refractivity contribution is 0.393. The molecule has 0 saturated heterocycles. The van der Waals surface area contributed by atoms with Crippen LogP contribution in [0.2, 0.25) is 0 Å². The van der Waals surface area contributed by atoms with Gasteiger partial charge >= 0.3 is 0 Å². The topological polar surface area (TPSA) is 65.0 Å². The smallest absolute Gasteiger partial charge is 0.137 e. The molecule has 0 atom stereocenters. The molecule has 0 aliphatic heterocycles. The number of nitrogens with zero attached hydrogens (tertiary/aromatic N) is 3. The van der Waals surface area contributed by atoms with E-state index in [2.05, 4.69) is 15.1 Å². The third kappa shape index (κ3) is 2.94. The highest BCUT2D eigenvalue weighted by molar-refractivity contribution is 5.92. The molecule has 25 heavy (non-hydrogen) atoms. The molecule has 1 aromatic carbocycles. The summed E-state index contributed by atoms with van der Waals surface area (Å²) in [5.74, 6) is 1.54. The molecule has 0 amide bonds. The van der Waals surface area contributed by atoms with Gasteiger partial charge in [0.05, 0.1) is 27.0 Å². The molecule has 4 aromatic rings. The van der Waals surface area contributed by atoms with E-state index in [1.807, 2.05) is 53.6 Å². The number of aromatic amines is 1. The van der Waals surface area contributed by atoms with Gasteiger partial charge in [-0.1, -0.05) is 0 Å². The summed E-state index contributed by atoms with van der Waals surface area (Å²) in [5.41, 5.74) is 4.11. The van der Waals surface area contributed by atoms with E-state index in [0.29, 0.717) is 6.54 Å². The standard InChI is InChI=1S/C19H18N4O2/c1-24-15-7-13(8-16(9-15)25-2)11-23-12-14(10-22-23)17-3-5-20-19-18(17)4-6-21-19/h3-10,12H,11H2,1-2H3,(H,20,21). The second-order valence-corrected chi connectivity index (χ2v) is 5.75. The molecule has 6 heteroatoms. The van der Waals surface area contributed by atoms with Gasteiger partial charge in [0.1, 0.15) is 17.1 Å². The van der Waals surface area contributed by atoms with Gasteiger partial charge in [0.2, 0.25) is 0 Å². The van der Waals surface area contributed by atoms with Crippen molar-refractivity contribution in [2.45, 2.75) is 6.54 Å². The zero-order valence-electron chi connectivity index (χ0n) is 14.1. The molecular weight excluding hydrogens is 316 g/mol. The minimum Gasteiger partial charge on any atom is -0.497 e. The number of pyridine rings is 1. The molecule has 0 saturated carbocycles. The van der Waals surface area contributed by atoms with Gasteiger partial charge in [-0.2, -0.15) is 5.10 Å². The van der Waals surface area contributed by atoms with Crippen LogP contribution < -0.4 is 9.47 Å². The highest BCUT2D eigenvalue weighted by atomic mass is 16.5. The third-order valence-electron chi connectivity index (χ3n) is 4.16. The molecular formula is C19H18N4O2. The van der Waals surface area contributed by atoms with E-state index in [-0.39, 0.29) is 0 Å². The number of aromatic nitrogens is 4. The van der Waals surface area contributed by atoms with Gasteiger partial charge in [0, 0.05) is 35.6 Å². The van der Waals surface area contributed by atoms with Crippen LogP contribution in [0.1, 0.15) is 5.56 Å². The quantitative estimate of drug-likeness (QED) is 0.607. The Labute approximate surface area is 145 Å². The molecule has 0 aliphatic carbocycles. The van der Waals surface area contributed by atoms with Gasteiger partial charge < -0.3 is 14.5 Å². The average Bonchev–Trinajstić information content (AvgIpc) is 3.30. The summed E-state index contributed by atoms with van der Waals surface area (Å²) in [6.45, 7) is 0.634. The van der Waals surface area contributed by atoms with Crippen molar-refractivity contribution in [1.29, 1.82) is 0 Å². The highest BCUT2D eigenvalue weighted by Crippen LogP contribution is 2.27. The summed E-state index contributed by atoms with van der Waals surface area (Å²) in [6, 6.07) is 9.87. The van der Waals surface area contributed by atoms with Crippen LogP contribution in [-0.4, -0.2) is 34.0 Å². The number of rotatable bonds is 5. The van der Waals surface area contributed by atoms with Gasteiger partial charge in [-0.25, -0.2) is 4.98 Å². The first-order valence-electron chi connectivity index (χ1n) is 7.93. The molecule has 0 bridgehead atoms. The maximum atomic E-state index is 5.33. The zero-order chi connectivity index (χ0) is 17.2. The monoisotopic (exact) mass is 334 g/mol. The number of fused-ring (bicyclic) bond motifs is 1. The summed E-state index contributed by atoms with van der Waals surface area (Å²) >= 11 is 0. The number of H-pyrrole nitrogens is 1. The van der Waals surface area contributed by atoms with Crippen molar-refractivity contribution in [3.05, 3.63) is 60.7 Å². The van der Waals surface area contributed by atoms with Crippen molar-refractivity contribution in [1.82, 2.24) is 19.7 Å². The first-order chi connectivity index (χ1) is 12.3. The number of hydrogen-bond donors (Lipinski definition) is 1. The molecule has 4 rings (SSSR count). The Morgan fingerprint density at radius 1 is 1.08 bits per heavy atom. The van der Waals surface area contributed by atoms with Crippen molar-refractivity contribution in [3.63, 3.8) is 0 Å². The van der Waals surface area contributed by atoms with Crippen LogP contribution in [0.3, 0.4) is 0 Å². The van der Waals surface area contributed by atoms with Crippen molar-refractivity contribution in [2.24, 2.45) is 0 Å². The molecule has 1 N–H and O–H groups in total. The van der Waals surface area contributed by atoms with Crippen LogP contribution in [-0.2, 0) is 6.54 Å². The molecule has 0 unspecified atom stereocenters. The van der Waals surface area contributed by atoms with E-state index in [4.69, 9.17) is 9.47 Å². The van der Waals surface area contributed by atoms with E-state index in [0.717, 1.165) is 39.2 Å². The zero-order valence-corrected chi connectivity index (χ0v) is 14.1. The number of methoxy groups -OCH3 is 2. The van der Waals surface area contributed by atoms with Crippen LogP contribution in [0, 0.1) is 0 Å². The molecule has 3 heterocycles. The van der Waals surface area contributed by atoms with Crippen LogP contribution in [0.15, 0.2) is 55.1 Å². The van der Waals surface area contributed by atoms with E-state index in [9.17, 15) is 0 Å². The Hall–Kier alpha value is -3.28. The summed E-state index contributed by atoms with van der Waals surface area (Å²) < 4.78 is 12.6. The first kappa shape index (κ1) is 15.3. The van der Waals surface area contributed by atoms with Crippen LogP contribution in [0.25, 0.3) is 22.2 Å². The van der Waals surface area contributed by atoms with E-state index >= 15 is 0 Å². The van der Waals surface area contributed by atoms with Crippen LogP contribution in [0.5, 0.6) is 11.5 Å². The Balaban J connectivity index is 1.65. The second kappa shape index (κ2) is 6.32.